The van der Waals surface area contributed by atoms with Crippen LogP contribution in [-0.2, 0) is 0 Å². The molecule has 0 radical (unpaired) electrons. The Morgan fingerprint density at radius 2 is 0.806 bits per heavy atom. The Balaban J connectivity index is 3.89. The van der Waals surface area contributed by atoms with Gasteiger partial charge in [0.1, 0.15) is 0 Å². The smallest absolute Gasteiger partial charge is 0.337 e. The third kappa shape index (κ3) is 9.48. The highest BCUT2D eigenvalue weighted by molar-refractivity contribution is 6.12. The van der Waals surface area contributed by atoms with Crippen LogP contribution in [0.15, 0.2) is 18.2 Å². The molecule has 0 saturated heterocycles. The maximum Gasteiger partial charge on any atom is 0.337 e. The van der Waals surface area contributed by atoms with Crippen LogP contribution in [0.5, 0.6) is 0 Å². The van der Waals surface area contributed by atoms with Crippen molar-refractivity contribution in [3.63, 3.8) is 0 Å². The number of carboxylic acids is 3. The first kappa shape index (κ1) is 30.9. The lowest BCUT2D eigenvalue weighted by Crippen LogP contribution is -2.18. The molecule has 0 aromatic heterocycles. The van der Waals surface area contributed by atoms with Crippen molar-refractivity contribution in [1.82, 2.24) is 0 Å². The van der Waals surface area contributed by atoms with Gasteiger partial charge in [0, 0.05) is 5.56 Å². The van der Waals surface area contributed by atoms with Crippen LogP contribution >= 0.6 is 0 Å². The first-order valence-corrected chi connectivity index (χ1v) is 13.2. The van der Waals surface area contributed by atoms with E-state index in [0.717, 1.165) is 64.2 Å². The van der Waals surface area contributed by atoms with Crippen LogP contribution in [-0.4, -0.2) is 33.2 Å². The largest absolute Gasteiger partial charge is 0.478 e. The lowest BCUT2D eigenvalue weighted by atomic mass is 9.85. The molecule has 0 aliphatic rings. The Labute approximate surface area is 215 Å². The topological polar surface area (TPSA) is 112 Å². The summed E-state index contributed by atoms with van der Waals surface area (Å²) in [6.45, 7) is 6.25. The number of hydrogen-bond donors (Lipinski definition) is 3. The number of rotatable bonds is 18. The highest BCUT2D eigenvalue weighted by atomic mass is 16.4. The number of allylic oxidation sites excluding steroid dienone is 3. The van der Waals surface area contributed by atoms with Gasteiger partial charge in [0.25, 0.3) is 0 Å². The molecule has 0 atom stereocenters. The second-order valence-corrected chi connectivity index (χ2v) is 8.98. The Morgan fingerprint density at radius 1 is 0.500 bits per heavy atom. The molecule has 6 nitrogen and oxygen atoms in total. The van der Waals surface area contributed by atoms with Crippen LogP contribution in [0.1, 0.15) is 146 Å². The highest BCUT2D eigenvalue weighted by Gasteiger charge is 2.30. The SMILES string of the molecule is CCCCCC=Cc1c(C=CCCCCC)c(C(=O)O)c(C(=O)O)c(C=CCCCCC)c1C(=O)O. The van der Waals surface area contributed by atoms with E-state index in [9.17, 15) is 29.7 Å². The van der Waals surface area contributed by atoms with Gasteiger partial charge in [0.15, 0.2) is 0 Å². The minimum absolute atomic E-state index is 0.0692. The average molecular weight is 499 g/mol. The molecule has 198 valence electrons. The van der Waals surface area contributed by atoms with Gasteiger partial charge in [-0.3, -0.25) is 0 Å². The average Bonchev–Trinajstić information content (AvgIpc) is 2.83. The summed E-state index contributed by atoms with van der Waals surface area (Å²) in [7, 11) is 0. The fraction of sp³-hybridized carbons (Fsp3) is 0.500. The van der Waals surface area contributed by atoms with E-state index in [1.165, 1.54) is 6.08 Å². The van der Waals surface area contributed by atoms with Crippen LogP contribution in [0, 0.1) is 0 Å². The van der Waals surface area contributed by atoms with E-state index in [1.807, 2.05) is 12.2 Å². The normalized spacial score (nSPS) is 11.8. The molecule has 1 rings (SSSR count). The quantitative estimate of drug-likeness (QED) is 0.175. The standard InChI is InChI=1S/C30H42O6/c1-4-7-10-13-16-19-22-23(20-17-14-11-8-5-2)26(29(33)34)27(30(35)36)24(25(22)28(31)32)21-18-15-12-9-6-3/h16-21H,4-15H2,1-3H3,(H,31,32)(H,33,34)(H,35,36). The molecule has 1 aromatic carbocycles. The zero-order valence-corrected chi connectivity index (χ0v) is 22.0. The van der Waals surface area contributed by atoms with Crippen molar-refractivity contribution in [2.24, 2.45) is 0 Å². The molecule has 0 aliphatic carbocycles. The highest BCUT2D eigenvalue weighted by Crippen LogP contribution is 2.33. The zero-order valence-electron chi connectivity index (χ0n) is 22.0. The van der Waals surface area contributed by atoms with Crippen LogP contribution in [0.3, 0.4) is 0 Å². The Kier molecular flexibility index (Phi) is 14.8. The van der Waals surface area contributed by atoms with E-state index in [-0.39, 0.29) is 27.8 Å². The molecule has 0 heterocycles. The van der Waals surface area contributed by atoms with Gasteiger partial charge in [-0.2, -0.15) is 0 Å². The van der Waals surface area contributed by atoms with Crippen LogP contribution < -0.4 is 0 Å². The summed E-state index contributed by atoms with van der Waals surface area (Å²) in [6.07, 6.45) is 21.0. The molecule has 0 bridgehead atoms. The van der Waals surface area contributed by atoms with E-state index in [2.05, 4.69) is 20.8 Å². The van der Waals surface area contributed by atoms with Gasteiger partial charge in [0.05, 0.1) is 16.7 Å². The predicted octanol–water partition coefficient (Wildman–Crippen LogP) is 8.56. The molecule has 0 aliphatic heterocycles. The minimum atomic E-state index is -1.46. The first-order chi connectivity index (χ1) is 17.3. The number of unbranched alkanes of at least 4 members (excludes halogenated alkanes) is 9. The first-order valence-electron chi connectivity index (χ1n) is 13.2. The van der Waals surface area contributed by atoms with E-state index in [1.54, 1.807) is 18.2 Å². The van der Waals surface area contributed by atoms with Gasteiger partial charge >= 0.3 is 17.9 Å². The molecule has 3 N–H and O–H groups in total. The number of aromatic carboxylic acids is 3. The molecule has 6 heteroatoms. The molecular weight excluding hydrogens is 456 g/mol. The van der Waals surface area contributed by atoms with Crippen molar-refractivity contribution in [2.75, 3.05) is 0 Å². The van der Waals surface area contributed by atoms with Gasteiger partial charge in [-0.15, -0.1) is 0 Å². The van der Waals surface area contributed by atoms with Crippen molar-refractivity contribution in [1.29, 1.82) is 0 Å². The van der Waals surface area contributed by atoms with Gasteiger partial charge in [-0.05, 0) is 49.7 Å². The van der Waals surface area contributed by atoms with Crippen molar-refractivity contribution in [3.8, 4) is 0 Å². The van der Waals surface area contributed by atoms with E-state index in [0.29, 0.717) is 12.8 Å². The number of carbonyl (C=O) groups is 3. The molecule has 0 unspecified atom stereocenters. The summed E-state index contributed by atoms with van der Waals surface area (Å²) >= 11 is 0. The molecule has 0 amide bonds. The second-order valence-electron chi connectivity index (χ2n) is 8.98. The third-order valence-corrected chi connectivity index (χ3v) is 6.04. The maximum atomic E-state index is 12.5. The molecule has 36 heavy (non-hydrogen) atoms. The van der Waals surface area contributed by atoms with Gasteiger partial charge < -0.3 is 15.3 Å². The van der Waals surface area contributed by atoms with Crippen molar-refractivity contribution >= 4 is 36.1 Å². The molecule has 0 spiro atoms. The summed E-state index contributed by atoms with van der Waals surface area (Å²) in [5.41, 5.74) is -0.738. The summed E-state index contributed by atoms with van der Waals surface area (Å²) < 4.78 is 0. The summed E-state index contributed by atoms with van der Waals surface area (Å²) in [6, 6.07) is 0. The van der Waals surface area contributed by atoms with Crippen molar-refractivity contribution in [3.05, 3.63) is 51.6 Å². The monoisotopic (exact) mass is 498 g/mol. The van der Waals surface area contributed by atoms with E-state index in [4.69, 9.17) is 0 Å². The minimum Gasteiger partial charge on any atom is -0.478 e. The van der Waals surface area contributed by atoms with Crippen LogP contribution in [0.4, 0.5) is 0 Å². The molecule has 0 fully saturated rings. The van der Waals surface area contributed by atoms with Crippen LogP contribution in [0.25, 0.3) is 18.2 Å². The lowest BCUT2D eigenvalue weighted by molar-refractivity contribution is 0.0648. The molecule has 0 saturated carbocycles. The zero-order chi connectivity index (χ0) is 26.9. The number of benzene rings is 1. The molecule has 1 aromatic rings. The van der Waals surface area contributed by atoms with Gasteiger partial charge in [0.2, 0.25) is 0 Å². The Bertz CT molecular complexity index is 968. The summed E-state index contributed by atoms with van der Waals surface area (Å²) in [5.74, 6) is -4.13. The lowest BCUT2D eigenvalue weighted by Gasteiger charge is -2.18. The fourth-order valence-electron chi connectivity index (χ4n) is 4.14. The predicted molar refractivity (Wildman–Crippen MR) is 147 cm³/mol. The van der Waals surface area contributed by atoms with Crippen LogP contribution in [0.2, 0.25) is 0 Å². The van der Waals surface area contributed by atoms with Gasteiger partial charge in [-0.25, -0.2) is 14.4 Å². The molecular formula is C30H42O6. The van der Waals surface area contributed by atoms with Crippen molar-refractivity contribution in [2.45, 2.75) is 97.8 Å². The fourth-order valence-corrected chi connectivity index (χ4v) is 4.14. The maximum absolute atomic E-state index is 12.5. The second kappa shape index (κ2) is 17.3. The Morgan fingerprint density at radius 3 is 1.14 bits per heavy atom. The number of hydrogen-bond acceptors (Lipinski definition) is 3. The summed E-state index contributed by atoms with van der Waals surface area (Å²) in [4.78, 5) is 37.2. The van der Waals surface area contributed by atoms with Gasteiger partial charge in [-0.1, -0.05) is 95.8 Å². The number of carboxylic acid groups (broad SMARTS) is 3. The summed E-state index contributed by atoms with van der Waals surface area (Å²) in [5, 5.41) is 30.3. The third-order valence-electron chi connectivity index (χ3n) is 6.04. The van der Waals surface area contributed by atoms with E-state index < -0.39 is 23.5 Å². The van der Waals surface area contributed by atoms with E-state index >= 15 is 0 Å². The van der Waals surface area contributed by atoms with Crippen molar-refractivity contribution < 1.29 is 29.7 Å². The Hall–Kier alpha value is -3.15.